The molecule has 1 aliphatic rings. The maximum absolute atomic E-state index is 11.6. The molecule has 9 nitrogen and oxygen atoms in total. The van der Waals surface area contributed by atoms with Crippen molar-refractivity contribution in [1.29, 1.82) is 0 Å². The van der Waals surface area contributed by atoms with Gasteiger partial charge in [-0.15, -0.1) is 5.01 Å². The zero-order valence-corrected chi connectivity index (χ0v) is 11.7. The number of ether oxygens (including phenoxy) is 1. The summed E-state index contributed by atoms with van der Waals surface area (Å²) in [6.45, 7) is 5.13. The van der Waals surface area contributed by atoms with E-state index in [1.54, 1.807) is 13.8 Å². The Bertz CT molecular complexity index is 398. The van der Waals surface area contributed by atoms with Crippen LogP contribution in [0.4, 0.5) is 0 Å². The second-order valence-corrected chi connectivity index (χ2v) is 4.84. The van der Waals surface area contributed by atoms with E-state index in [4.69, 9.17) is 14.7 Å². The van der Waals surface area contributed by atoms with E-state index in [1.807, 2.05) is 0 Å². The van der Waals surface area contributed by atoms with Gasteiger partial charge in [0, 0.05) is 6.92 Å². The number of carbonyl (C=O) groups is 2. The Morgan fingerprint density at radius 2 is 2.10 bits per heavy atom. The Hall–Kier alpha value is -2.06. The Balaban J connectivity index is 2.42. The first kappa shape index (κ1) is 16.0. The molecule has 1 aliphatic heterocycles. The lowest BCUT2D eigenvalue weighted by molar-refractivity contribution is -0.709. The molecule has 114 valence electrons. The number of hydrogen-bond donors (Lipinski definition) is 1. The molecule has 1 N–H and O–H groups in total. The fraction of sp³-hybridized carbons (Fsp3) is 0.818. The van der Waals surface area contributed by atoms with Crippen molar-refractivity contribution < 1.29 is 29.2 Å². The van der Waals surface area contributed by atoms with Crippen LogP contribution in [0.25, 0.3) is 0 Å². The van der Waals surface area contributed by atoms with Gasteiger partial charge in [-0.25, -0.2) is 0 Å². The molecule has 2 unspecified atom stereocenters. The number of carboxylic acids is 1. The van der Waals surface area contributed by atoms with Crippen LogP contribution in [-0.2, 0) is 19.2 Å². The molecule has 1 rings (SSSR count). The average Bonchev–Trinajstić information content (AvgIpc) is 2.85. The molecular formula is C11H19N3O6. The monoisotopic (exact) mass is 289 g/mol. The minimum Gasteiger partial charge on any atom is -0.569 e. The van der Waals surface area contributed by atoms with Gasteiger partial charge in [0.25, 0.3) is 6.29 Å². The van der Waals surface area contributed by atoms with E-state index in [-0.39, 0.29) is 24.0 Å². The summed E-state index contributed by atoms with van der Waals surface area (Å²) in [6, 6.07) is 0. The molecule has 0 aromatic carbocycles. The van der Waals surface area contributed by atoms with Gasteiger partial charge in [-0.3, -0.25) is 14.4 Å². The van der Waals surface area contributed by atoms with Crippen LogP contribution >= 0.6 is 0 Å². The van der Waals surface area contributed by atoms with Crippen LogP contribution in [0.1, 0.15) is 27.2 Å². The summed E-state index contributed by atoms with van der Waals surface area (Å²) in [5.41, 5.74) is 0. The summed E-state index contributed by atoms with van der Waals surface area (Å²) >= 11 is 0. The first-order valence-corrected chi connectivity index (χ1v) is 6.33. The minimum atomic E-state index is -0.987. The van der Waals surface area contributed by atoms with Crippen molar-refractivity contribution in [2.24, 2.45) is 17.1 Å². The molecule has 0 spiro atoms. The highest BCUT2D eigenvalue weighted by atomic mass is 16.8. The highest BCUT2D eigenvalue weighted by molar-refractivity contribution is 5.71. The summed E-state index contributed by atoms with van der Waals surface area (Å²) in [6.07, 6.45) is -0.610. The van der Waals surface area contributed by atoms with Gasteiger partial charge in [0.15, 0.2) is 0 Å². The first-order valence-electron chi connectivity index (χ1n) is 6.33. The van der Waals surface area contributed by atoms with Crippen LogP contribution in [0.15, 0.2) is 5.28 Å². The van der Waals surface area contributed by atoms with E-state index in [1.165, 1.54) is 11.9 Å². The first-order chi connectivity index (χ1) is 9.31. The van der Waals surface area contributed by atoms with Gasteiger partial charge < -0.3 is 15.1 Å². The fourth-order valence-corrected chi connectivity index (χ4v) is 1.58. The predicted molar refractivity (Wildman–Crippen MR) is 64.8 cm³/mol. The van der Waals surface area contributed by atoms with Gasteiger partial charge in [-0.1, -0.05) is 13.8 Å². The molecule has 1 saturated heterocycles. The van der Waals surface area contributed by atoms with Crippen molar-refractivity contribution in [2.45, 2.75) is 33.5 Å². The largest absolute Gasteiger partial charge is 0.569 e. The molecule has 0 aliphatic carbocycles. The Labute approximate surface area is 116 Å². The normalized spacial score (nSPS) is 20.9. The summed E-state index contributed by atoms with van der Waals surface area (Å²) in [4.78, 5) is 26.9. The van der Waals surface area contributed by atoms with Gasteiger partial charge in [0.1, 0.15) is 0 Å². The third-order valence-corrected chi connectivity index (χ3v) is 2.78. The molecule has 0 saturated carbocycles. The third kappa shape index (κ3) is 4.56. The number of hydrogen-bond acceptors (Lipinski definition) is 6. The van der Waals surface area contributed by atoms with E-state index in [0.717, 1.165) is 0 Å². The lowest BCUT2D eigenvalue weighted by Crippen LogP contribution is -2.30. The topological polar surface area (TPSA) is 114 Å². The number of carbonyl (C=O) groups excluding carboxylic acids is 1. The number of rotatable bonds is 6. The van der Waals surface area contributed by atoms with Gasteiger partial charge in [-0.2, -0.15) is 0 Å². The summed E-state index contributed by atoms with van der Waals surface area (Å²) in [5.74, 6) is -2.30. The predicted octanol–water partition coefficient (Wildman–Crippen LogP) is 0.747. The molecule has 0 aromatic heterocycles. The van der Waals surface area contributed by atoms with Crippen molar-refractivity contribution in [3.63, 3.8) is 0 Å². The van der Waals surface area contributed by atoms with Crippen LogP contribution in [0.3, 0.4) is 0 Å². The lowest BCUT2D eigenvalue weighted by atomic mass is 10.1. The molecule has 0 amide bonds. The maximum Gasteiger partial charge on any atom is 0.311 e. The van der Waals surface area contributed by atoms with Crippen LogP contribution in [-0.4, -0.2) is 46.4 Å². The number of aliphatic carboxylic acids is 1. The van der Waals surface area contributed by atoms with Crippen LogP contribution in [0.2, 0.25) is 0 Å². The molecular weight excluding hydrogens is 270 g/mol. The van der Waals surface area contributed by atoms with Crippen molar-refractivity contribution in [3.05, 3.63) is 5.21 Å². The van der Waals surface area contributed by atoms with Crippen molar-refractivity contribution in [2.75, 3.05) is 13.1 Å². The zero-order valence-electron chi connectivity index (χ0n) is 11.7. The summed E-state index contributed by atoms with van der Waals surface area (Å²) in [5, 5.41) is 24.8. The minimum absolute atomic E-state index is 0.0753. The van der Waals surface area contributed by atoms with Gasteiger partial charge in [-0.05, 0) is 6.42 Å². The third-order valence-electron chi connectivity index (χ3n) is 2.78. The average molecular weight is 289 g/mol. The van der Waals surface area contributed by atoms with E-state index in [2.05, 4.69) is 5.28 Å². The van der Waals surface area contributed by atoms with Crippen LogP contribution < -0.4 is 0 Å². The number of nitrogens with zero attached hydrogens (tertiary/aromatic N) is 3. The van der Waals surface area contributed by atoms with Gasteiger partial charge >= 0.3 is 11.9 Å². The van der Waals surface area contributed by atoms with Crippen LogP contribution in [0, 0.1) is 17.0 Å². The van der Waals surface area contributed by atoms with E-state index in [0.29, 0.717) is 6.42 Å². The molecule has 20 heavy (non-hydrogen) atoms. The highest BCUT2D eigenvalue weighted by Gasteiger charge is 2.33. The fourth-order valence-electron chi connectivity index (χ4n) is 1.58. The standard InChI is InChI=1S/C11H19N3O6/c1-7(2)11(17)19-8(3)20-12-14(18)13-5-4-9(6-13)10(15)16/h7-9H,4-6H2,1-3H3,(H,15,16). The van der Waals surface area contributed by atoms with Crippen molar-refractivity contribution in [3.8, 4) is 0 Å². The molecule has 1 fully saturated rings. The Morgan fingerprint density at radius 3 is 2.60 bits per heavy atom. The lowest BCUT2D eigenvalue weighted by Gasteiger charge is -2.14. The maximum atomic E-state index is 11.6. The van der Waals surface area contributed by atoms with E-state index in [9.17, 15) is 14.8 Å². The van der Waals surface area contributed by atoms with E-state index >= 15 is 0 Å². The Morgan fingerprint density at radius 1 is 1.45 bits per heavy atom. The van der Waals surface area contributed by atoms with E-state index < -0.39 is 24.1 Å². The van der Waals surface area contributed by atoms with Crippen molar-refractivity contribution in [1.82, 2.24) is 5.01 Å². The van der Waals surface area contributed by atoms with Gasteiger partial charge in [0.05, 0.1) is 29.9 Å². The molecule has 0 bridgehead atoms. The highest BCUT2D eigenvalue weighted by Crippen LogP contribution is 2.16. The number of hydrazine groups is 1. The Kier molecular flexibility index (Phi) is 5.53. The number of esters is 1. The zero-order chi connectivity index (χ0) is 15.3. The van der Waals surface area contributed by atoms with Crippen molar-refractivity contribution >= 4 is 11.9 Å². The van der Waals surface area contributed by atoms with Crippen LogP contribution in [0.5, 0.6) is 0 Å². The van der Waals surface area contributed by atoms with Gasteiger partial charge in [0.2, 0.25) is 5.28 Å². The second kappa shape index (κ2) is 6.92. The molecule has 2 atom stereocenters. The second-order valence-electron chi connectivity index (χ2n) is 4.84. The summed E-state index contributed by atoms with van der Waals surface area (Å²) < 4.78 is 4.85. The number of carboxylic acid groups (broad SMARTS) is 1. The molecule has 1 heterocycles. The molecule has 9 heteroatoms. The summed E-state index contributed by atoms with van der Waals surface area (Å²) in [7, 11) is 0. The smallest absolute Gasteiger partial charge is 0.311 e. The molecule has 0 aromatic rings. The SMILES string of the molecule is CC(ON=[N+]([O-])N1CCC(C(=O)O)C1)OC(=O)C(C)C. The quantitative estimate of drug-likeness (QED) is 0.252. The molecule has 0 radical (unpaired) electrons.